The van der Waals surface area contributed by atoms with Crippen LogP contribution in [0.2, 0.25) is 0 Å². The molecule has 0 aromatic carbocycles. The summed E-state index contributed by atoms with van der Waals surface area (Å²) in [6.07, 6.45) is -0.983. The largest absolute Gasteiger partial charge is 0.444 e. The van der Waals surface area contributed by atoms with Crippen LogP contribution >= 0.6 is 0 Å². The van der Waals surface area contributed by atoms with Gasteiger partial charge in [0.05, 0.1) is 0 Å². The highest BCUT2D eigenvalue weighted by Crippen LogP contribution is 2.18. The van der Waals surface area contributed by atoms with Crippen LogP contribution in [0.25, 0.3) is 0 Å². The van der Waals surface area contributed by atoms with Crippen LogP contribution in [0, 0.1) is 0 Å². The number of carbonyl (C=O) groups excluding carboxylic acids is 2. The van der Waals surface area contributed by atoms with Crippen molar-refractivity contribution in [2.75, 3.05) is 19.6 Å². The van der Waals surface area contributed by atoms with Gasteiger partial charge in [0.25, 0.3) is 0 Å². The van der Waals surface area contributed by atoms with Crippen LogP contribution in [-0.4, -0.2) is 49.6 Å². The van der Waals surface area contributed by atoms with Gasteiger partial charge >= 0.3 is 12.2 Å². The molecule has 0 aliphatic rings. The molecule has 2 atom stereocenters. The van der Waals surface area contributed by atoms with Gasteiger partial charge < -0.3 is 31.6 Å². The summed E-state index contributed by atoms with van der Waals surface area (Å²) in [7, 11) is 0. The predicted octanol–water partition coefficient (Wildman–Crippen LogP) is 0.692. The molecule has 0 fully saturated rings. The smallest absolute Gasteiger partial charge is 0.407 e. The molecule has 2 unspecified atom stereocenters. The van der Waals surface area contributed by atoms with Crippen molar-refractivity contribution in [1.82, 2.24) is 10.6 Å². The summed E-state index contributed by atoms with van der Waals surface area (Å²) in [5.74, 6) is 0. The average Bonchev–Trinajstić information content (AvgIpc) is 2.49. The summed E-state index contributed by atoms with van der Waals surface area (Å²) in [5.41, 5.74) is 10.7. The molecule has 2 amide bonds. The first kappa shape index (κ1) is 20.5. The standard InChI is InChI=1S/C14H30N4O4/c1-5-7-17-12(19)21-10(3)14(16,9-15)11(4)22-13(20)18-8-6-2/h10-11H,5-9,15-16H2,1-4H3,(H,17,19)(H,18,20). The molecule has 6 N–H and O–H groups in total. The Bertz CT molecular complexity index is 324. The van der Waals surface area contributed by atoms with E-state index in [2.05, 4.69) is 10.6 Å². The van der Waals surface area contributed by atoms with E-state index in [1.807, 2.05) is 13.8 Å². The van der Waals surface area contributed by atoms with Gasteiger partial charge in [0.15, 0.2) is 0 Å². The van der Waals surface area contributed by atoms with Crippen molar-refractivity contribution < 1.29 is 19.1 Å². The Labute approximate surface area is 132 Å². The van der Waals surface area contributed by atoms with Crippen molar-refractivity contribution in [1.29, 1.82) is 0 Å². The Balaban J connectivity index is 4.64. The van der Waals surface area contributed by atoms with Gasteiger partial charge in [-0.3, -0.25) is 0 Å². The number of ether oxygens (including phenoxy) is 2. The van der Waals surface area contributed by atoms with E-state index in [0.29, 0.717) is 13.1 Å². The fourth-order valence-corrected chi connectivity index (χ4v) is 1.74. The normalized spacial score (nSPS) is 16.1. The molecule has 0 heterocycles. The molecule has 22 heavy (non-hydrogen) atoms. The van der Waals surface area contributed by atoms with Crippen LogP contribution in [0.15, 0.2) is 0 Å². The molecule has 0 radical (unpaired) electrons. The van der Waals surface area contributed by atoms with Crippen molar-refractivity contribution in [2.24, 2.45) is 11.5 Å². The van der Waals surface area contributed by atoms with E-state index in [4.69, 9.17) is 20.9 Å². The molecule has 0 aromatic rings. The summed E-state index contributed by atoms with van der Waals surface area (Å²) >= 11 is 0. The van der Waals surface area contributed by atoms with Crippen molar-refractivity contribution >= 4 is 12.2 Å². The maximum absolute atomic E-state index is 11.6. The third-order valence-corrected chi connectivity index (χ3v) is 3.47. The Hall–Kier alpha value is -1.54. The minimum Gasteiger partial charge on any atom is -0.444 e. The van der Waals surface area contributed by atoms with E-state index < -0.39 is 29.9 Å². The van der Waals surface area contributed by atoms with Crippen molar-refractivity contribution in [2.45, 2.75) is 58.3 Å². The van der Waals surface area contributed by atoms with Gasteiger partial charge in [0.2, 0.25) is 0 Å². The highest BCUT2D eigenvalue weighted by atomic mass is 16.6. The molecule has 0 aliphatic carbocycles. The van der Waals surface area contributed by atoms with E-state index in [1.165, 1.54) is 0 Å². The van der Waals surface area contributed by atoms with E-state index >= 15 is 0 Å². The second-order valence-corrected chi connectivity index (χ2v) is 5.27. The molecule has 0 rings (SSSR count). The number of nitrogens with two attached hydrogens (primary N) is 2. The van der Waals surface area contributed by atoms with Crippen LogP contribution < -0.4 is 22.1 Å². The number of alkyl carbamates (subject to hydrolysis) is 2. The van der Waals surface area contributed by atoms with Crippen LogP contribution in [0.5, 0.6) is 0 Å². The molecule has 8 heteroatoms. The zero-order valence-corrected chi connectivity index (χ0v) is 14.0. The summed E-state index contributed by atoms with van der Waals surface area (Å²) in [6, 6.07) is 0. The lowest BCUT2D eigenvalue weighted by Crippen LogP contribution is -2.65. The monoisotopic (exact) mass is 318 g/mol. The lowest BCUT2D eigenvalue weighted by molar-refractivity contribution is -0.00956. The van der Waals surface area contributed by atoms with E-state index in [1.54, 1.807) is 13.8 Å². The quantitative estimate of drug-likeness (QED) is 0.495. The fraction of sp³-hybridized carbons (Fsp3) is 0.857. The molecule has 0 saturated carbocycles. The van der Waals surface area contributed by atoms with E-state index in [0.717, 1.165) is 12.8 Å². The number of carbonyl (C=O) groups is 2. The Morgan fingerprint density at radius 1 is 1.00 bits per heavy atom. The number of nitrogens with one attached hydrogen (secondary N) is 2. The number of rotatable bonds is 9. The van der Waals surface area contributed by atoms with Gasteiger partial charge in [0, 0.05) is 19.6 Å². The molecule has 0 aromatic heterocycles. The van der Waals surface area contributed by atoms with Gasteiger partial charge in [-0.25, -0.2) is 9.59 Å². The molecule has 0 saturated heterocycles. The Kier molecular flexibility index (Phi) is 9.51. The molecule has 130 valence electrons. The molecular formula is C14H30N4O4. The minimum absolute atomic E-state index is 0.00253. The van der Waals surface area contributed by atoms with Crippen LogP contribution in [-0.2, 0) is 9.47 Å². The lowest BCUT2D eigenvalue weighted by atomic mass is 9.88. The second-order valence-electron chi connectivity index (χ2n) is 5.27. The maximum Gasteiger partial charge on any atom is 0.407 e. The zero-order valence-electron chi connectivity index (χ0n) is 14.0. The van der Waals surface area contributed by atoms with E-state index in [-0.39, 0.29) is 6.54 Å². The fourth-order valence-electron chi connectivity index (χ4n) is 1.74. The van der Waals surface area contributed by atoms with Crippen molar-refractivity contribution in [3.05, 3.63) is 0 Å². The summed E-state index contributed by atoms with van der Waals surface area (Å²) < 4.78 is 10.5. The molecule has 0 aliphatic heterocycles. The summed E-state index contributed by atoms with van der Waals surface area (Å²) in [5, 5.41) is 5.18. The first-order valence-electron chi connectivity index (χ1n) is 7.69. The Morgan fingerprint density at radius 2 is 1.36 bits per heavy atom. The molecule has 8 nitrogen and oxygen atoms in total. The van der Waals surface area contributed by atoms with Crippen molar-refractivity contribution in [3.63, 3.8) is 0 Å². The SMILES string of the molecule is CCCNC(=O)OC(C)C(N)(CN)C(C)OC(=O)NCCC. The van der Waals surface area contributed by atoms with Gasteiger partial charge in [-0.15, -0.1) is 0 Å². The number of hydrogen-bond donors (Lipinski definition) is 4. The topological polar surface area (TPSA) is 129 Å². The second kappa shape index (κ2) is 10.2. The summed E-state index contributed by atoms with van der Waals surface area (Å²) in [6.45, 7) is 8.14. The van der Waals surface area contributed by atoms with Crippen molar-refractivity contribution in [3.8, 4) is 0 Å². The van der Waals surface area contributed by atoms with Gasteiger partial charge in [-0.1, -0.05) is 13.8 Å². The first-order valence-corrected chi connectivity index (χ1v) is 7.69. The Morgan fingerprint density at radius 3 is 1.64 bits per heavy atom. The van der Waals surface area contributed by atoms with Crippen LogP contribution in [0.3, 0.4) is 0 Å². The minimum atomic E-state index is -1.17. The van der Waals surface area contributed by atoms with Crippen LogP contribution in [0.1, 0.15) is 40.5 Å². The highest BCUT2D eigenvalue weighted by Gasteiger charge is 2.41. The van der Waals surface area contributed by atoms with Gasteiger partial charge in [-0.2, -0.15) is 0 Å². The van der Waals surface area contributed by atoms with Gasteiger partial charge in [-0.05, 0) is 26.7 Å². The maximum atomic E-state index is 11.6. The van der Waals surface area contributed by atoms with Crippen LogP contribution in [0.4, 0.5) is 9.59 Å². The average molecular weight is 318 g/mol. The summed E-state index contributed by atoms with van der Waals surface area (Å²) in [4.78, 5) is 23.2. The lowest BCUT2D eigenvalue weighted by Gasteiger charge is -2.37. The number of hydrogen-bond acceptors (Lipinski definition) is 6. The molecule has 0 spiro atoms. The third-order valence-electron chi connectivity index (χ3n) is 3.47. The first-order chi connectivity index (χ1) is 10.3. The molecular weight excluding hydrogens is 288 g/mol. The third kappa shape index (κ3) is 6.48. The predicted molar refractivity (Wildman–Crippen MR) is 84.4 cm³/mol. The molecule has 0 bridgehead atoms. The highest BCUT2D eigenvalue weighted by molar-refractivity contribution is 5.68. The number of amides is 2. The zero-order chi connectivity index (χ0) is 17.2. The van der Waals surface area contributed by atoms with Gasteiger partial charge in [0.1, 0.15) is 17.7 Å². The van der Waals surface area contributed by atoms with E-state index in [9.17, 15) is 9.59 Å².